The minimum Gasteiger partial charge on any atom is -0.493 e. The van der Waals surface area contributed by atoms with E-state index in [9.17, 15) is 14.4 Å². The van der Waals surface area contributed by atoms with Crippen LogP contribution in [0.15, 0.2) is 36.4 Å². The summed E-state index contributed by atoms with van der Waals surface area (Å²) in [4.78, 5) is 45.7. The number of nitrogens with zero attached hydrogens (tertiary/aromatic N) is 3. The number of likely N-dealkylation sites (tertiary alicyclic amines) is 1. The van der Waals surface area contributed by atoms with Gasteiger partial charge >= 0.3 is 0 Å². The Bertz CT molecular complexity index is 1180. The average Bonchev–Trinajstić information content (AvgIpc) is 3.46. The molecule has 1 N–H and O–H groups in total. The summed E-state index contributed by atoms with van der Waals surface area (Å²) in [5, 5.41) is 3.01. The summed E-state index contributed by atoms with van der Waals surface area (Å²) in [6.07, 6.45) is 1.42. The van der Waals surface area contributed by atoms with Crippen molar-refractivity contribution in [3.63, 3.8) is 0 Å². The summed E-state index contributed by atoms with van der Waals surface area (Å²) in [5.41, 5.74) is 1.86. The Kier molecular flexibility index (Phi) is 6.10. The molecule has 1 saturated heterocycles. The molecule has 0 radical (unpaired) electrons. The van der Waals surface area contributed by atoms with Crippen molar-refractivity contribution in [2.45, 2.75) is 32.0 Å². The van der Waals surface area contributed by atoms with E-state index < -0.39 is 6.17 Å². The van der Waals surface area contributed by atoms with E-state index in [1.165, 1.54) is 19.1 Å². The number of nitrogens with one attached hydrogen (secondary N) is 1. The summed E-state index contributed by atoms with van der Waals surface area (Å²) in [6, 6.07) is 10.8. The smallest absolute Gasteiger partial charge is 0.264 e. The van der Waals surface area contributed by atoms with Crippen LogP contribution in [-0.4, -0.2) is 74.0 Å². The molecular weight excluding hydrogens is 448 g/mol. The van der Waals surface area contributed by atoms with Crippen molar-refractivity contribution < 1.29 is 23.9 Å². The molecule has 2 aromatic carbocycles. The van der Waals surface area contributed by atoms with Gasteiger partial charge in [-0.2, -0.15) is 0 Å². The third kappa shape index (κ3) is 3.70. The monoisotopic (exact) mass is 478 g/mol. The quantitative estimate of drug-likeness (QED) is 0.657. The summed E-state index contributed by atoms with van der Waals surface area (Å²) >= 11 is 0. The molecule has 0 spiro atoms. The second-order valence-electron chi connectivity index (χ2n) is 8.99. The number of carbonyl (C=O) groups excluding carboxylic acids is 3. The van der Waals surface area contributed by atoms with Crippen molar-refractivity contribution in [2.75, 3.05) is 45.3 Å². The third-order valence-electron chi connectivity index (χ3n) is 7.24. The molecule has 1 fully saturated rings. The predicted octanol–water partition coefficient (Wildman–Crippen LogP) is 2.42. The first-order valence-corrected chi connectivity index (χ1v) is 12.0. The number of amides is 3. The third-order valence-corrected chi connectivity index (χ3v) is 7.24. The number of para-hydroxylation sites is 1. The SMILES string of the molecule is CCN1CCCC1CNC(=O)CN1C(=O)c2ccccc2N2C(=O)c3c(ccc(OC)c3OC)C12. The van der Waals surface area contributed by atoms with Crippen molar-refractivity contribution in [1.82, 2.24) is 15.1 Å². The predicted molar refractivity (Wildman–Crippen MR) is 130 cm³/mol. The van der Waals surface area contributed by atoms with Crippen LogP contribution in [0.5, 0.6) is 11.5 Å². The number of fused-ring (bicyclic) bond motifs is 5. The molecular formula is C26H30N4O5. The van der Waals surface area contributed by atoms with Gasteiger partial charge in [-0.25, -0.2) is 0 Å². The van der Waals surface area contributed by atoms with Gasteiger partial charge in [-0.15, -0.1) is 0 Å². The lowest BCUT2D eigenvalue weighted by Gasteiger charge is -2.40. The van der Waals surface area contributed by atoms with Crippen LogP contribution in [-0.2, 0) is 4.79 Å². The van der Waals surface area contributed by atoms with Crippen molar-refractivity contribution in [2.24, 2.45) is 0 Å². The number of likely N-dealkylation sites (N-methyl/N-ethyl adjacent to an activating group) is 1. The number of rotatable bonds is 7. The zero-order valence-corrected chi connectivity index (χ0v) is 20.2. The van der Waals surface area contributed by atoms with Crippen LogP contribution in [0.25, 0.3) is 0 Å². The first kappa shape index (κ1) is 23.2. The second-order valence-corrected chi connectivity index (χ2v) is 8.99. The van der Waals surface area contributed by atoms with Gasteiger partial charge < -0.3 is 19.7 Å². The maximum atomic E-state index is 13.7. The molecule has 9 nitrogen and oxygen atoms in total. The van der Waals surface area contributed by atoms with Crippen LogP contribution in [0.1, 0.15) is 52.2 Å². The number of methoxy groups -OCH3 is 2. The van der Waals surface area contributed by atoms with Crippen molar-refractivity contribution >= 4 is 23.4 Å². The van der Waals surface area contributed by atoms with E-state index in [-0.39, 0.29) is 24.3 Å². The molecule has 5 rings (SSSR count). The standard InChI is InChI=1S/C26H30N4O5/c1-4-28-13-7-8-16(28)14-27-21(31)15-29-24-18-11-12-20(34-2)23(35-3)22(18)26(33)30(24)19-10-6-5-9-17(19)25(29)32/h5-6,9-12,16,24H,4,7-8,13-15H2,1-3H3,(H,27,31). The summed E-state index contributed by atoms with van der Waals surface area (Å²) in [5.74, 6) is -0.0823. The Morgan fingerprint density at radius 1 is 1.09 bits per heavy atom. The Hall–Kier alpha value is -3.59. The normalized spacial score (nSPS) is 21.0. The molecule has 0 aromatic heterocycles. The van der Waals surface area contributed by atoms with E-state index in [2.05, 4.69) is 17.1 Å². The van der Waals surface area contributed by atoms with Gasteiger partial charge in [0.1, 0.15) is 12.7 Å². The van der Waals surface area contributed by atoms with Crippen molar-refractivity contribution in [1.29, 1.82) is 0 Å². The number of anilines is 1. The minimum atomic E-state index is -0.746. The molecule has 3 aliphatic rings. The van der Waals surface area contributed by atoms with Gasteiger partial charge in [0.05, 0.1) is 31.0 Å². The van der Waals surface area contributed by atoms with Crippen LogP contribution >= 0.6 is 0 Å². The highest BCUT2D eigenvalue weighted by Gasteiger charge is 2.50. The van der Waals surface area contributed by atoms with Crippen molar-refractivity contribution in [3.05, 3.63) is 53.1 Å². The first-order valence-electron chi connectivity index (χ1n) is 12.0. The minimum absolute atomic E-state index is 0.158. The molecule has 3 amide bonds. The zero-order valence-electron chi connectivity index (χ0n) is 20.2. The zero-order chi connectivity index (χ0) is 24.7. The highest BCUT2D eigenvalue weighted by Crippen LogP contribution is 2.49. The van der Waals surface area contributed by atoms with E-state index in [1.807, 2.05) is 0 Å². The summed E-state index contributed by atoms with van der Waals surface area (Å²) < 4.78 is 10.9. The van der Waals surface area contributed by atoms with Crippen LogP contribution < -0.4 is 19.7 Å². The lowest BCUT2D eigenvalue weighted by atomic mass is 10.0. The van der Waals surface area contributed by atoms with E-state index in [4.69, 9.17) is 9.47 Å². The molecule has 0 saturated carbocycles. The first-order chi connectivity index (χ1) is 17.0. The molecule has 2 atom stereocenters. The molecule has 0 aliphatic carbocycles. The summed E-state index contributed by atoms with van der Waals surface area (Å²) in [6.45, 7) is 4.49. The lowest BCUT2D eigenvalue weighted by molar-refractivity contribution is -0.122. The molecule has 184 valence electrons. The van der Waals surface area contributed by atoms with Gasteiger partial charge in [0.2, 0.25) is 5.91 Å². The molecule has 2 unspecified atom stereocenters. The summed E-state index contributed by atoms with van der Waals surface area (Å²) in [7, 11) is 2.99. The van der Waals surface area contributed by atoms with Gasteiger partial charge in [-0.1, -0.05) is 25.1 Å². The highest BCUT2D eigenvalue weighted by atomic mass is 16.5. The molecule has 2 aromatic rings. The topological polar surface area (TPSA) is 91.4 Å². The highest BCUT2D eigenvalue weighted by molar-refractivity contribution is 6.18. The largest absolute Gasteiger partial charge is 0.493 e. The van der Waals surface area contributed by atoms with Crippen molar-refractivity contribution in [3.8, 4) is 11.5 Å². The lowest BCUT2D eigenvalue weighted by Crippen LogP contribution is -2.52. The van der Waals surface area contributed by atoms with E-state index in [0.29, 0.717) is 46.5 Å². The average molecular weight is 479 g/mol. The second kappa shape index (κ2) is 9.22. The molecule has 35 heavy (non-hydrogen) atoms. The molecule has 0 bridgehead atoms. The van der Waals surface area contributed by atoms with Crippen LogP contribution in [0.3, 0.4) is 0 Å². The maximum absolute atomic E-state index is 13.7. The number of hydrogen-bond acceptors (Lipinski definition) is 6. The Morgan fingerprint density at radius 3 is 2.63 bits per heavy atom. The fraction of sp³-hybridized carbons (Fsp3) is 0.423. The van der Waals surface area contributed by atoms with Crippen LogP contribution in [0.2, 0.25) is 0 Å². The van der Waals surface area contributed by atoms with Gasteiger partial charge in [0.15, 0.2) is 11.5 Å². The fourth-order valence-electron chi connectivity index (χ4n) is 5.57. The fourth-order valence-corrected chi connectivity index (χ4v) is 5.57. The van der Waals surface area contributed by atoms with E-state index in [1.54, 1.807) is 41.3 Å². The maximum Gasteiger partial charge on any atom is 0.264 e. The van der Waals surface area contributed by atoms with E-state index >= 15 is 0 Å². The number of benzene rings is 2. The number of hydrogen-bond donors (Lipinski definition) is 1. The van der Waals surface area contributed by atoms with Gasteiger partial charge in [0.25, 0.3) is 11.8 Å². The molecule has 3 heterocycles. The Morgan fingerprint density at radius 2 is 1.89 bits per heavy atom. The van der Waals surface area contributed by atoms with Crippen LogP contribution in [0, 0.1) is 0 Å². The van der Waals surface area contributed by atoms with E-state index in [0.717, 1.165) is 25.9 Å². The van der Waals surface area contributed by atoms with Gasteiger partial charge in [0, 0.05) is 18.2 Å². The Balaban J connectivity index is 1.49. The van der Waals surface area contributed by atoms with Gasteiger partial charge in [-0.05, 0) is 44.1 Å². The van der Waals surface area contributed by atoms with Gasteiger partial charge in [-0.3, -0.25) is 24.2 Å². The Labute approximate surface area is 204 Å². The molecule has 9 heteroatoms. The van der Waals surface area contributed by atoms with Crippen LogP contribution in [0.4, 0.5) is 5.69 Å². The number of carbonyl (C=O) groups is 3. The molecule has 3 aliphatic heterocycles. The number of ether oxygens (including phenoxy) is 2.